The summed E-state index contributed by atoms with van der Waals surface area (Å²) in [6.07, 6.45) is 0. The maximum Gasteiger partial charge on any atom is 0.311 e. The minimum absolute atomic E-state index is 0.0889. The van der Waals surface area contributed by atoms with Crippen LogP contribution in [-0.2, 0) is 0 Å². The van der Waals surface area contributed by atoms with Crippen molar-refractivity contribution in [3.8, 4) is 11.5 Å². The van der Waals surface area contributed by atoms with Crippen molar-refractivity contribution in [1.29, 1.82) is 0 Å². The molecule has 104 valence electrons. The quantitative estimate of drug-likeness (QED) is 0.684. The average molecular weight is 276 g/mol. The lowest BCUT2D eigenvalue weighted by molar-refractivity contribution is -0.385. The topological polar surface area (TPSA) is 78.4 Å². The van der Waals surface area contributed by atoms with Crippen LogP contribution in [0.25, 0.3) is 0 Å². The predicted molar refractivity (Wildman–Crippen MR) is 72.2 cm³/mol. The molecule has 5 nitrogen and oxygen atoms in total. The zero-order chi connectivity index (χ0) is 14.7. The molecule has 0 saturated heterocycles. The number of hydrogen-bond donors (Lipinski definition) is 1. The minimum Gasteiger partial charge on any atom is -0.450 e. The summed E-state index contributed by atoms with van der Waals surface area (Å²) >= 11 is 0. The molecule has 0 bridgehead atoms. The second-order valence-electron chi connectivity index (χ2n) is 4.30. The molecule has 2 aromatic carbocycles. The van der Waals surface area contributed by atoms with Gasteiger partial charge in [0.15, 0.2) is 0 Å². The van der Waals surface area contributed by atoms with Crippen LogP contribution in [0.1, 0.15) is 18.5 Å². The van der Waals surface area contributed by atoms with Crippen LogP contribution in [0, 0.1) is 15.9 Å². The van der Waals surface area contributed by atoms with E-state index >= 15 is 0 Å². The zero-order valence-corrected chi connectivity index (χ0v) is 10.7. The summed E-state index contributed by atoms with van der Waals surface area (Å²) in [6.45, 7) is 1.68. The molecule has 20 heavy (non-hydrogen) atoms. The van der Waals surface area contributed by atoms with Gasteiger partial charge in [-0.25, -0.2) is 4.39 Å². The molecule has 6 heteroatoms. The lowest BCUT2D eigenvalue weighted by Crippen LogP contribution is -2.07. The number of benzene rings is 2. The Balaban J connectivity index is 2.43. The standard InChI is InChI=1S/C14H13FN2O3/c1-9(16)11-8-10(15)6-7-13(11)20-14-5-3-2-4-12(14)17(18)19/h2-9H,16H2,1H3/t9-/m0/s1. The summed E-state index contributed by atoms with van der Waals surface area (Å²) in [5, 5.41) is 10.9. The van der Waals surface area contributed by atoms with Crippen LogP contribution in [0.15, 0.2) is 42.5 Å². The Morgan fingerprint density at radius 3 is 2.60 bits per heavy atom. The molecular weight excluding hydrogens is 263 g/mol. The van der Waals surface area contributed by atoms with Gasteiger partial charge in [-0.3, -0.25) is 10.1 Å². The Morgan fingerprint density at radius 1 is 1.25 bits per heavy atom. The molecule has 0 amide bonds. The number of nitro benzene ring substituents is 1. The molecule has 2 aromatic rings. The van der Waals surface area contributed by atoms with Gasteiger partial charge in [-0.05, 0) is 31.2 Å². The third kappa shape index (κ3) is 2.92. The smallest absolute Gasteiger partial charge is 0.311 e. The molecule has 0 fully saturated rings. The number of nitrogens with two attached hydrogens (primary N) is 1. The first-order chi connectivity index (χ1) is 9.49. The van der Waals surface area contributed by atoms with Gasteiger partial charge in [0.1, 0.15) is 11.6 Å². The molecule has 0 aliphatic heterocycles. The second-order valence-corrected chi connectivity index (χ2v) is 4.30. The van der Waals surface area contributed by atoms with Crippen LogP contribution in [-0.4, -0.2) is 4.92 Å². The molecule has 0 saturated carbocycles. The predicted octanol–water partition coefficient (Wildman–Crippen LogP) is 3.55. The normalized spacial score (nSPS) is 11.9. The van der Waals surface area contributed by atoms with Gasteiger partial charge in [-0.15, -0.1) is 0 Å². The molecule has 2 N–H and O–H groups in total. The van der Waals surface area contributed by atoms with E-state index in [1.54, 1.807) is 19.1 Å². The monoisotopic (exact) mass is 276 g/mol. The Kier molecular flexibility index (Phi) is 3.95. The highest BCUT2D eigenvalue weighted by Gasteiger charge is 2.17. The fourth-order valence-electron chi connectivity index (χ4n) is 1.78. The third-order valence-electron chi connectivity index (χ3n) is 2.74. The van der Waals surface area contributed by atoms with Crippen LogP contribution >= 0.6 is 0 Å². The van der Waals surface area contributed by atoms with Gasteiger partial charge in [0.25, 0.3) is 0 Å². The number of rotatable bonds is 4. The number of para-hydroxylation sites is 2. The molecule has 0 heterocycles. The fraction of sp³-hybridized carbons (Fsp3) is 0.143. The maximum absolute atomic E-state index is 13.2. The molecule has 0 unspecified atom stereocenters. The molecule has 0 aliphatic carbocycles. The summed E-state index contributed by atoms with van der Waals surface area (Å²) in [6, 6.07) is 9.41. The van der Waals surface area contributed by atoms with Gasteiger partial charge in [0, 0.05) is 17.7 Å². The van der Waals surface area contributed by atoms with Crippen molar-refractivity contribution in [3.63, 3.8) is 0 Å². The van der Waals surface area contributed by atoms with Gasteiger partial charge < -0.3 is 10.5 Å². The van der Waals surface area contributed by atoms with E-state index in [0.29, 0.717) is 11.3 Å². The highest BCUT2D eigenvalue weighted by Crippen LogP contribution is 2.34. The van der Waals surface area contributed by atoms with Crippen LogP contribution in [0.5, 0.6) is 11.5 Å². The number of halogens is 1. The molecule has 0 spiro atoms. The van der Waals surface area contributed by atoms with Gasteiger partial charge >= 0.3 is 5.69 Å². The number of nitro groups is 1. The maximum atomic E-state index is 13.2. The van der Waals surface area contributed by atoms with Crippen LogP contribution in [0.2, 0.25) is 0 Å². The SMILES string of the molecule is C[C@H](N)c1cc(F)ccc1Oc1ccccc1[N+](=O)[O-]. The van der Waals surface area contributed by atoms with Gasteiger partial charge in [-0.2, -0.15) is 0 Å². The summed E-state index contributed by atoms with van der Waals surface area (Å²) in [5.41, 5.74) is 6.04. The highest BCUT2D eigenvalue weighted by atomic mass is 19.1. The first-order valence-electron chi connectivity index (χ1n) is 5.95. The van der Waals surface area contributed by atoms with Crippen LogP contribution in [0.4, 0.5) is 10.1 Å². The number of ether oxygens (including phenoxy) is 1. The van der Waals surface area contributed by atoms with E-state index in [9.17, 15) is 14.5 Å². The first kappa shape index (κ1) is 14.0. The van der Waals surface area contributed by atoms with Gasteiger partial charge in [0.2, 0.25) is 5.75 Å². The number of nitrogens with zero attached hydrogens (tertiary/aromatic N) is 1. The fourth-order valence-corrected chi connectivity index (χ4v) is 1.78. The summed E-state index contributed by atoms with van der Waals surface area (Å²) in [7, 11) is 0. The van der Waals surface area contributed by atoms with Crippen molar-refractivity contribution in [2.45, 2.75) is 13.0 Å². The largest absolute Gasteiger partial charge is 0.450 e. The van der Waals surface area contributed by atoms with E-state index in [4.69, 9.17) is 10.5 Å². The van der Waals surface area contributed by atoms with Crippen molar-refractivity contribution >= 4 is 5.69 Å². The van der Waals surface area contributed by atoms with E-state index in [0.717, 1.165) is 0 Å². The van der Waals surface area contributed by atoms with Crippen molar-refractivity contribution < 1.29 is 14.1 Å². The zero-order valence-electron chi connectivity index (χ0n) is 10.7. The van der Waals surface area contributed by atoms with Gasteiger partial charge in [0.05, 0.1) is 4.92 Å². The molecule has 1 atom stereocenters. The Labute approximate surface area is 114 Å². The first-order valence-corrected chi connectivity index (χ1v) is 5.95. The van der Waals surface area contributed by atoms with Crippen LogP contribution < -0.4 is 10.5 Å². The second kappa shape index (κ2) is 5.66. The molecule has 0 aliphatic rings. The Hall–Kier alpha value is -2.47. The van der Waals surface area contributed by atoms with Crippen molar-refractivity contribution in [2.24, 2.45) is 5.73 Å². The molecule has 0 aromatic heterocycles. The molecule has 2 rings (SSSR count). The number of hydrogen-bond acceptors (Lipinski definition) is 4. The summed E-state index contributed by atoms with van der Waals surface area (Å²) in [4.78, 5) is 10.4. The van der Waals surface area contributed by atoms with E-state index in [1.807, 2.05) is 0 Å². The van der Waals surface area contributed by atoms with Crippen molar-refractivity contribution in [2.75, 3.05) is 0 Å². The Bertz CT molecular complexity index is 644. The van der Waals surface area contributed by atoms with Gasteiger partial charge in [-0.1, -0.05) is 12.1 Å². The lowest BCUT2D eigenvalue weighted by Gasteiger charge is -2.13. The van der Waals surface area contributed by atoms with Crippen molar-refractivity contribution in [1.82, 2.24) is 0 Å². The minimum atomic E-state index is -0.537. The highest BCUT2D eigenvalue weighted by molar-refractivity contribution is 5.49. The third-order valence-corrected chi connectivity index (χ3v) is 2.74. The van der Waals surface area contributed by atoms with E-state index in [1.165, 1.54) is 30.3 Å². The average Bonchev–Trinajstić information content (AvgIpc) is 2.41. The summed E-state index contributed by atoms with van der Waals surface area (Å²) < 4.78 is 18.8. The molecular formula is C14H13FN2O3. The molecule has 0 radical (unpaired) electrons. The van der Waals surface area contributed by atoms with Crippen LogP contribution in [0.3, 0.4) is 0 Å². The van der Waals surface area contributed by atoms with E-state index < -0.39 is 16.8 Å². The lowest BCUT2D eigenvalue weighted by atomic mass is 10.1. The van der Waals surface area contributed by atoms with E-state index in [-0.39, 0.29) is 11.4 Å². The van der Waals surface area contributed by atoms with E-state index in [2.05, 4.69) is 0 Å². The summed E-state index contributed by atoms with van der Waals surface area (Å²) in [5.74, 6) is -0.0473. The van der Waals surface area contributed by atoms with Crippen molar-refractivity contribution in [3.05, 3.63) is 64.0 Å². The Morgan fingerprint density at radius 2 is 1.95 bits per heavy atom.